The number of anilines is 1. The summed E-state index contributed by atoms with van der Waals surface area (Å²) >= 11 is 0. The summed E-state index contributed by atoms with van der Waals surface area (Å²) < 4.78 is 15.4. The quantitative estimate of drug-likeness (QED) is 0.287. The Labute approximate surface area is 209 Å². The second kappa shape index (κ2) is 10.4. The molecule has 0 unspecified atom stereocenters. The van der Waals surface area contributed by atoms with Gasteiger partial charge in [-0.25, -0.2) is 4.39 Å². The van der Waals surface area contributed by atoms with E-state index < -0.39 is 0 Å². The Hall–Kier alpha value is -4.58. The van der Waals surface area contributed by atoms with E-state index in [4.69, 9.17) is 5.10 Å². The molecular weight excluding hydrogens is 451 g/mol. The minimum absolute atomic E-state index is 0.0472. The molecule has 0 fully saturated rings. The van der Waals surface area contributed by atoms with E-state index in [1.807, 2.05) is 79.8 Å². The molecule has 3 aromatic carbocycles. The van der Waals surface area contributed by atoms with Crippen LogP contribution in [-0.2, 0) is 24.8 Å². The third-order valence-corrected chi connectivity index (χ3v) is 6.04. The van der Waals surface area contributed by atoms with Crippen LogP contribution in [0.3, 0.4) is 0 Å². The first-order chi connectivity index (χ1) is 17.6. The van der Waals surface area contributed by atoms with E-state index in [9.17, 15) is 9.18 Å². The fraction of sp³-hybridized carbons (Fsp3) is 0.100. The van der Waals surface area contributed by atoms with Crippen molar-refractivity contribution in [3.8, 4) is 22.4 Å². The average molecular weight is 477 g/mol. The molecule has 0 aliphatic rings. The Kier molecular flexibility index (Phi) is 6.67. The number of aryl methyl sites for hydroxylation is 1. The van der Waals surface area contributed by atoms with Gasteiger partial charge in [0.15, 0.2) is 0 Å². The number of nitrogens with zero attached hydrogens (tertiary/aromatic N) is 4. The second-order valence-electron chi connectivity index (χ2n) is 8.54. The van der Waals surface area contributed by atoms with Crippen molar-refractivity contribution in [2.45, 2.75) is 13.0 Å². The topological polar surface area (TPSA) is 51.0 Å². The summed E-state index contributed by atoms with van der Waals surface area (Å²) in [6.07, 6.45) is 3.68. The summed E-state index contributed by atoms with van der Waals surface area (Å²) in [7, 11) is 1.83. The first kappa shape index (κ1) is 23.2. The van der Waals surface area contributed by atoms with E-state index in [2.05, 4.69) is 4.98 Å². The number of pyridine rings is 1. The Morgan fingerprint density at radius 2 is 1.42 bits per heavy atom. The number of hydrogen-bond acceptors (Lipinski definition) is 3. The van der Waals surface area contributed by atoms with E-state index in [0.717, 1.165) is 27.8 Å². The molecule has 36 heavy (non-hydrogen) atoms. The van der Waals surface area contributed by atoms with E-state index in [1.165, 1.54) is 12.1 Å². The molecule has 0 saturated carbocycles. The lowest BCUT2D eigenvalue weighted by Gasteiger charge is -2.25. The van der Waals surface area contributed by atoms with Crippen molar-refractivity contribution >= 4 is 11.7 Å². The molecule has 0 bridgehead atoms. The van der Waals surface area contributed by atoms with Crippen LogP contribution in [0.2, 0.25) is 0 Å². The number of amides is 1. The van der Waals surface area contributed by atoms with E-state index in [-0.39, 0.29) is 18.1 Å². The summed E-state index contributed by atoms with van der Waals surface area (Å²) in [5, 5.41) is 4.82. The van der Waals surface area contributed by atoms with Crippen LogP contribution in [0.5, 0.6) is 0 Å². The van der Waals surface area contributed by atoms with E-state index >= 15 is 0 Å². The van der Waals surface area contributed by atoms with Crippen LogP contribution in [0.1, 0.15) is 11.1 Å². The van der Waals surface area contributed by atoms with Crippen molar-refractivity contribution in [1.82, 2.24) is 14.8 Å². The first-order valence-corrected chi connectivity index (χ1v) is 11.7. The second-order valence-corrected chi connectivity index (χ2v) is 8.54. The molecule has 0 N–H and O–H groups in total. The summed E-state index contributed by atoms with van der Waals surface area (Å²) in [6, 6.07) is 29.7. The largest absolute Gasteiger partial charge is 0.292 e. The maximum atomic E-state index is 13.9. The summed E-state index contributed by atoms with van der Waals surface area (Å²) in [4.78, 5) is 19.8. The SMILES string of the molecule is Cn1nc(-c2ccc(F)cc2)c(-c2ccncc2)c1N(Cc1ccccc1)C(=O)Cc1ccccc1. The zero-order chi connectivity index (χ0) is 24.9. The van der Waals surface area contributed by atoms with Crippen LogP contribution < -0.4 is 4.90 Å². The lowest BCUT2D eigenvalue weighted by atomic mass is 10.0. The van der Waals surface area contributed by atoms with Crippen LogP contribution in [0, 0.1) is 5.82 Å². The van der Waals surface area contributed by atoms with Gasteiger partial charge in [-0.1, -0.05) is 60.7 Å². The van der Waals surface area contributed by atoms with Crippen LogP contribution in [-0.4, -0.2) is 20.7 Å². The van der Waals surface area contributed by atoms with Crippen molar-refractivity contribution in [2.24, 2.45) is 7.05 Å². The molecule has 178 valence electrons. The van der Waals surface area contributed by atoms with Gasteiger partial charge in [-0.05, 0) is 53.1 Å². The monoisotopic (exact) mass is 476 g/mol. The number of halogens is 1. The van der Waals surface area contributed by atoms with Gasteiger partial charge in [0.05, 0.1) is 18.5 Å². The highest BCUT2D eigenvalue weighted by Crippen LogP contribution is 2.40. The maximum absolute atomic E-state index is 13.9. The number of rotatable bonds is 7. The molecule has 5 rings (SSSR count). The van der Waals surface area contributed by atoms with Gasteiger partial charge in [-0.2, -0.15) is 5.10 Å². The van der Waals surface area contributed by atoms with Crippen molar-refractivity contribution in [3.63, 3.8) is 0 Å². The van der Waals surface area contributed by atoms with Crippen molar-refractivity contribution in [2.75, 3.05) is 4.90 Å². The van der Waals surface area contributed by atoms with Crippen molar-refractivity contribution < 1.29 is 9.18 Å². The zero-order valence-corrected chi connectivity index (χ0v) is 19.9. The van der Waals surface area contributed by atoms with Gasteiger partial charge in [0.2, 0.25) is 5.91 Å². The number of hydrogen-bond donors (Lipinski definition) is 0. The van der Waals surface area contributed by atoms with Gasteiger partial charge < -0.3 is 0 Å². The average Bonchev–Trinajstić information content (AvgIpc) is 3.26. The third kappa shape index (κ3) is 4.93. The van der Waals surface area contributed by atoms with Gasteiger partial charge in [-0.15, -0.1) is 0 Å². The fourth-order valence-corrected chi connectivity index (χ4v) is 4.33. The normalized spacial score (nSPS) is 10.8. The van der Waals surface area contributed by atoms with Gasteiger partial charge in [0.25, 0.3) is 0 Å². The van der Waals surface area contributed by atoms with Crippen LogP contribution in [0.4, 0.5) is 10.2 Å². The molecular formula is C30H25FN4O. The van der Waals surface area contributed by atoms with Gasteiger partial charge in [-0.3, -0.25) is 19.4 Å². The predicted molar refractivity (Wildman–Crippen MR) is 140 cm³/mol. The summed E-state index contributed by atoms with van der Waals surface area (Å²) in [5.74, 6) is 0.309. The lowest BCUT2D eigenvalue weighted by molar-refractivity contribution is -0.118. The molecule has 0 aliphatic heterocycles. The van der Waals surface area contributed by atoms with E-state index in [0.29, 0.717) is 18.1 Å². The Bertz CT molecular complexity index is 1450. The molecule has 0 radical (unpaired) electrons. The zero-order valence-electron chi connectivity index (χ0n) is 19.9. The van der Waals surface area contributed by atoms with Gasteiger partial charge >= 0.3 is 0 Å². The highest BCUT2D eigenvalue weighted by molar-refractivity contribution is 6.00. The van der Waals surface area contributed by atoms with Crippen LogP contribution in [0.25, 0.3) is 22.4 Å². The number of carbonyl (C=O) groups excluding carboxylic acids is 1. The van der Waals surface area contributed by atoms with Gasteiger partial charge in [0, 0.05) is 25.0 Å². The molecule has 0 atom stereocenters. The highest BCUT2D eigenvalue weighted by atomic mass is 19.1. The molecule has 1 amide bonds. The Morgan fingerprint density at radius 3 is 2.06 bits per heavy atom. The maximum Gasteiger partial charge on any atom is 0.232 e. The standard InChI is InChI=1S/C30H25FN4O/c1-34-30(28(24-16-18-32-19-17-24)29(33-34)25-12-14-26(31)15-13-25)35(21-23-10-6-3-7-11-23)27(36)20-22-8-4-2-5-9-22/h2-19H,20-21H2,1H3. The number of benzene rings is 3. The summed E-state index contributed by atoms with van der Waals surface area (Å²) in [6.45, 7) is 0.382. The Balaban J connectivity index is 1.68. The number of aromatic nitrogens is 3. The highest BCUT2D eigenvalue weighted by Gasteiger charge is 2.28. The predicted octanol–water partition coefficient (Wildman–Crippen LogP) is 6.06. The van der Waals surface area contributed by atoms with E-state index in [1.54, 1.807) is 34.1 Å². The summed E-state index contributed by atoms with van der Waals surface area (Å²) in [5.41, 5.74) is 5.04. The van der Waals surface area contributed by atoms with Crippen molar-refractivity contribution in [3.05, 3.63) is 126 Å². The molecule has 0 saturated heterocycles. The van der Waals surface area contributed by atoms with Crippen LogP contribution in [0.15, 0.2) is 109 Å². The van der Waals surface area contributed by atoms with Crippen LogP contribution >= 0.6 is 0 Å². The first-order valence-electron chi connectivity index (χ1n) is 11.7. The molecule has 5 aromatic rings. The number of carbonyl (C=O) groups is 1. The smallest absolute Gasteiger partial charge is 0.232 e. The van der Waals surface area contributed by atoms with Crippen molar-refractivity contribution in [1.29, 1.82) is 0 Å². The molecule has 5 nitrogen and oxygen atoms in total. The van der Waals surface area contributed by atoms with Gasteiger partial charge in [0.1, 0.15) is 17.3 Å². The molecule has 2 aromatic heterocycles. The molecule has 6 heteroatoms. The minimum atomic E-state index is -0.316. The lowest BCUT2D eigenvalue weighted by Crippen LogP contribution is -2.33. The third-order valence-electron chi connectivity index (χ3n) is 6.04. The molecule has 0 aliphatic carbocycles. The molecule has 0 spiro atoms. The molecule has 2 heterocycles. The minimum Gasteiger partial charge on any atom is -0.292 e. The fourth-order valence-electron chi connectivity index (χ4n) is 4.33. The Morgan fingerprint density at radius 1 is 0.806 bits per heavy atom.